The number of carbonyl (C=O) groups is 2. The summed E-state index contributed by atoms with van der Waals surface area (Å²) in [4.78, 5) is 26.7. The molecule has 2 aromatic rings. The van der Waals surface area contributed by atoms with E-state index in [2.05, 4.69) is 5.32 Å². The number of hydrogen-bond acceptors (Lipinski definition) is 4. The average molecular weight is 380 g/mol. The fourth-order valence-corrected chi connectivity index (χ4v) is 3.80. The third kappa shape index (κ3) is 4.11. The highest BCUT2D eigenvalue weighted by Crippen LogP contribution is 2.38. The van der Waals surface area contributed by atoms with Gasteiger partial charge in [-0.3, -0.25) is 9.59 Å². The van der Waals surface area contributed by atoms with Gasteiger partial charge in [0.25, 0.3) is 0 Å². The van der Waals surface area contributed by atoms with Crippen molar-refractivity contribution in [1.29, 1.82) is 0 Å². The van der Waals surface area contributed by atoms with Gasteiger partial charge >= 0.3 is 0 Å². The molecule has 0 saturated carbocycles. The second-order valence-corrected chi connectivity index (χ2v) is 7.09. The molecule has 0 spiro atoms. The molecule has 1 saturated heterocycles. The first-order valence-electron chi connectivity index (χ1n) is 9.70. The summed E-state index contributed by atoms with van der Waals surface area (Å²) in [6, 6.07) is 15.4. The van der Waals surface area contributed by atoms with Crippen LogP contribution in [0.3, 0.4) is 0 Å². The molecule has 6 heteroatoms. The minimum Gasteiger partial charge on any atom is -0.486 e. The van der Waals surface area contributed by atoms with Crippen LogP contribution in [0.25, 0.3) is 0 Å². The number of carbonyl (C=O) groups excluding carboxylic acids is 2. The van der Waals surface area contributed by atoms with Crippen LogP contribution in [0, 0.1) is 0 Å². The predicted octanol–water partition coefficient (Wildman–Crippen LogP) is 2.48. The highest BCUT2D eigenvalue weighted by Gasteiger charge is 2.30. The van der Waals surface area contributed by atoms with Crippen LogP contribution in [0.5, 0.6) is 11.5 Å². The molecule has 2 amide bonds. The molecular weight excluding hydrogens is 356 g/mol. The maximum atomic E-state index is 12.7. The van der Waals surface area contributed by atoms with Gasteiger partial charge in [-0.15, -0.1) is 0 Å². The Morgan fingerprint density at radius 1 is 1.04 bits per heavy atom. The van der Waals surface area contributed by atoms with E-state index >= 15 is 0 Å². The molecule has 0 aliphatic carbocycles. The number of amides is 2. The van der Waals surface area contributed by atoms with Gasteiger partial charge in [0, 0.05) is 6.54 Å². The molecule has 2 aliphatic heterocycles. The van der Waals surface area contributed by atoms with E-state index in [1.54, 1.807) is 0 Å². The lowest BCUT2D eigenvalue weighted by atomic mass is 10.0. The molecule has 2 aliphatic rings. The topological polar surface area (TPSA) is 67.9 Å². The maximum Gasteiger partial charge on any atom is 0.242 e. The number of nitrogens with zero attached hydrogens (tertiary/aromatic N) is 1. The van der Waals surface area contributed by atoms with Gasteiger partial charge in [0.1, 0.15) is 13.2 Å². The molecule has 28 heavy (non-hydrogen) atoms. The summed E-state index contributed by atoms with van der Waals surface area (Å²) in [5.41, 5.74) is 1.98. The van der Waals surface area contributed by atoms with Gasteiger partial charge in [-0.1, -0.05) is 36.4 Å². The molecule has 4 rings (SSSR count). The molecule has 1 atom stereocenters. The quantitative estimate of drug-likeness (QED) is 0.865. The number of fused-ring (bicyclic) bond motifs is 1. The van der Waals surface area contributed by atoms with Crippen LogP contribution in [0.4, 0.5) is 0 Å². The summed E-state index contributed by atoms with van der Waals surface area (Å²) in [7, 11) is 0. The summed E-state index contributed by atoms with van der Waals surface area (Å²) in [6.07, 6.45) is 2.13. The Morgan fingerprint density at radius 2 is 1.82 bits per heavy atom. The van der Waals surface area contributed by atoms with Crippen molar-refractivity contribution < 1.29 is 19.1 Å². The molecule has 146 valence electrons. The largest absolute Gasteiger partial charge is 0.486 e. The van der Waals surface area contributed by atoms with Gasteiger partial charge < -0.3 is 19.7 Å². The van der Waals surface area contributed by atoms with E-state index in [4.69, 9.17) is 9.47 Å². The van der Waals surface area contributed by atoms with Gasteiger partial charge in [-0.25, -0.2) is 0 Å². The second-order valence-electron chi connectivity index (χ2n) is 7.09. The fraction of sp³-hybridized carbons (Fsp3) is 0.364. The van der Waals surface area contributed by atoms with E-state index in [9.17, 15) is 9.59 Å². The molecule has 1 fully saturated rings. The van der Waals surface area contributed by atoms with Crippen molar-refractivity contribution >= 4 is 11.8 Å². The van der Waals surface area contributed by atoms with E-state index in [1.165, 1.54) is 0 Å². The predicted molar refractivity (Wildman–Crippen MR) is 104 cm³/mol. The lowest BCUT2D eigenvalue weighted by Crippen LogP contribution is -2.40. The Balaban J connectivity index is 1.36. The third-order valence-electron chi connectivity index (χ3n) is 5.17. The first-order valence-corrected chi connectivity index (χ1v) is 9.70. The number of benzene rings is 2. The number of hydrogen-bond donors (Lipinski definition) is 1. The zero-order chi connectivity index (χ0) is 19.3. The summed E-state index contributed by atoms with van der Waals surface area (Å²) < 4.78 is 11.2. The Hall–Kier alpha value is -3.02. The molecule has 0 bridgehead atoms. The molecular formula is C22H24N2O4. The second kappa shape index (κ2) is 8.33. The number of ether oxygens (including phenoxy) is 2. The van der Waals surface area contributed by atoms with Gasteiger partial charge in [-0.05, 0) is 36.1 Å². The van der Waals surface area contributed by atoms with E-state index in [0.717, 1.165) is 35.5 Å². The van der Waals surface area contributed by atoms with E-state index < -0.39 is 0 Å². The van der Waals surface area contributed by atoms with E-state index in [0.29, 0.717) is 19.8 Å². The van der Waals surface area contributed by atoms with Gasteiger partial charge in [0.2, 0.25) is 11.8 Å². The number of likely N-dealkylation sites (tertiary alicyclic amines) is 1. The summed E-state index contributed by atoms with van der Waals surface area (Å²) >= 11 is 0. The molecule has 0 unspecified atom stereocenters. The summed E-state index contributed by atoms with van der Waals surface area (Å²) in [5, 5.41) is 2.75. The smallest absolute Gasteiger partial charge is 0.242 e. The standard InChI is InChI=1S/C22H24N2O4/c25-21(13-16-5-2-1-3-6-16)23-15-22(26)24-10-4-7-18(24)17-8-9-19-20(14-17)28-12-11-27-19/h1-3,5-6,8-9,14,18H,4,7,10-13,15H2,(H,23,25)/t18-/m0/s1. The monoisotopic (exact) mass is 380 g/mol. The first kappa shape index (κ1) is 18.3. The van der Waals surface area contributed by atoms with Crippen LogP contribution >= 0.6 is 0 Å². The summed E-state index contributed by atoms with van der Waals surface area (Å²) in [5.74, 6) is 1.28. The zero-order valence-electron chi connectivity index (χ0n) is 15.7. The number of rotatable bonds is 5. The molecule has 2 heterocycles. The highest BCUT2D eigenvalue weighted by molar-refractivity contribution is 5.86. The highest BCUT2D eigenvalue weighted by atomic mass is 16.6. The molecule has 0 aromatic heterocycles. The molecule has 1 N–H and O–H groups in total. The summed E-state index contributed by atoms with van der Waals surface area (Å²) in [6.45, 7) is 1.82. The Labute approximate surface area is 164 Å². The lowest BCUT2D eigenvalue weighted by Gasteiger charge is -2.27. The normalized spacial score (nSPS) is 18.0. The van der Waals surface area contributed by atoms with Crippen LogP contribution < -0.4 is 14.8 Å². The lowest BCUT2D eigenvalue weighted by molar-refractivity contribution is -0.133. The third-order valence-corrected chi connectivity index (χ3v) is 5.17. The van der Waals surface area contributed by atoms with Crippen LogP contribution in [0.1, 0.15) is 30.0 Å². The molecule has 6 nitrogen and oxygen atoms in total. The van der Waals surface area contributed by atoms with Crippen molar-refractivity contribution in [3.8, 4) is 11.5 Å². The van der Waals surface area contributed by atoms with Crippen LogP contribution in [-0.4, -0.2) is 43.0 Å². The van der Waals surface area contributed by atoms with Crippen LogP contribution in [-0.2, 0) is 16.0 Å². The minimum absolute atomic E-state index is 0.00866. The zero-order valence-corrected chi connectivity index (χ0v) is 15.7. The van der Waals surface area contributed by atoms with Crippen molar-refractivity contribution in [3.05, 3.63) is 59.7 Å². The fourth-order valence-electron chi connectivity index (χ4n) is 3.80. The van der Waals surface area contributed by atoms with Gasteiger partial charge in [0.15, 0.2) is 11.5 Å². The van der Waals surface area contributed by atoms with Crippen molar-refractivity contribution in [1.82, 2.24) is 10.2 Å². The Bertz CT molecular complexity index is 853. The van der Waals surface area contributed by atoms with Crippen LogP contribution in [0.2, 0.25) is 0 Å². The Kier molecular flexibility index (Phi) is 5.46. The van der Waals surface area contributed by atoms with Gasteiger partial charge in [-0.2, -0.15) is 0 Å². The van der Waals surface area contributed by atoms with E-state index in [1.807, 2.05) is 53.4 Å². The van der Waals surface area contributed by atoms with E-state index in [-0.39, 0.29) is 30.8 Å². The van der Waals surface area contributed by atoms with Crippen molar-refractivity contribution in [2.75, 3.05) is 26.3 Å². The number of nitrogens with one attached hydrogen (secondary N) is 1. The SMILES string of the molecule is O=C(Cc1ccccc1)NCC(=O)N1CCC[C@H]1c1ccc2c(c1)OCCO2. The molecule has 0 radical (unpaired) electrons. The first-order chi connectivity index (χ1) is 13.7. The van der Waals surface area contributed by atoms with Crippen molar-refractivity contribution in [2.24, 2.45) is 0 Å². The van der Waals surface area contributed by atoms with Crippen LogP contribution in [0.15, 0.2) is 48.5 Å². The van der Waals surface area contributed by atoms with Gasteiger partial charge in [0.05, 0.1) is 19.0 Å². The average Bonchev–Trinajstić information content (AvgIpc) is 3.22. The van der Waals surface area contributed by atoms with Crippen molar-refractivity contribution in [3.63, 3.8) is 0 Å². The Morgan fingerprint density at radius 3 is 2.64 bits per heavy atom. The van der Waals surface area contributed by atoms with Crippen molar-refractivity contribution in [2.45, 2.75) is 25.3 Å². The minimum atomic E-state index is -0.144. The maximum absolute atomic E-state index is 12.7. The molecule has 2 aromatic carbocycles.